The van der Waals surface area contributed by atoms with Gasteiger partial charge in [0.25, 0.3) is 5.91 Å². The third-order valence-corrected chi connectivity index (χ3v) is 4.38. The number of carbonyl (C=O) groups is 3. The van der Waals surface area contributed by atoms with Gasteiger partial charge in [0.2, 0.25) is 0 Å². The Labute approximate surface area is 152 Å². The number of piperazine rings is 1. The van der Waals surface area contributed by atoms with Gasteiger partial charge >= 0.3 is 11.9 Å². The van der Waals surface area contributed by atoms with Crippen molar-refractivity contribution < 1.29 is 24.6 Å². The largest absolute Gasteiger partial charge is 0.478 e. The number of amides is 1. The number of hydrogen-bond donors (Lipinski definition) is 3. The van der Waals surface area contributed by atoms with Crippen LogP contribution < -0.4 is 5.32 Å². The molecule has 7 heteroatoms. The van der Waals surface area contributed by atoms with Crippen LogP contribution in [0.1, 0.15) is 29.8 Å². The van der Waals surface area contributed by atoms with Crippen LogP contribution in [0.3, 0.4) is 0 Å². The summed E-state index contributed by atoms with van der Waals surface area (Å²) in [7, 11) is 0. The van der Waals surface area contributed by atoms with Gasteiger partial charge in [-0.3, -0.25) is 4.79 Å². The van der Waals surface area contributed by atoms with Crippen molar-refractivity contribution in [2.75, 3.05) is 26.2 Å². The fraction of sp³-hybridized carbons (Fsp3) is 0.421. The molecule has 0 spiro atoms. The predicted molar refractivity (Wildman–Crippen MR) is 96.1 cm³/mol. The van der Waals surface area contributed by atoms with Crippen LogP contribution in [-0.4, -0.2) is 59.1 Å². The molecule has 1 saturated heterocycles. The van der Waals surface area contributed by atoms with Gasteiger partial charge in [0.1, 0.15) is 0 Å². The van der Waals surface area contributed by atoms with Crippen molar-refractivity contribution in [1.82, 2.24) is 10.2 Å². The summed E-state index contributed by atoms with van der Waals surface area (Å²) >= 11 is 0. The van der Waals surface area contributed by atoms with Gasteiger partial charge in [-0.2, -0.15) is 0 Å². The molecule has 140 valence electrons. The molecule has 26 heavy (non-hydrogen) atoms. The number of carbonyl (C=O) groups excluding carboxylic acids is 1. The number of rotatable bonds is 6. The highest BCUT2D eigenvalue weighted by Gasteiger charge is 2.23. The molecule has 0 atom stereocenters. The number of hydrogen-bond acceptors (Lipinski definition) is 4. The molecule has 1 aliphatic rings. The topological polar surface area (TPSA) is 107 Å². The molecule has 7 nitrogen and oxygen atoms in total. The molecule has 1 aliphatic heterocycles. The zero-order valence-electron chi connectivity index (χ0n) is 15.0. The Bertz CT molecular complexity index is 716. The second kappa shape index (κ2) is 8.62. The Morgan fingerprint density at radius 2 is 1.62 bits per heavy atom. The van der Waals surface area contributed by atoms with E-state index in [-0.39, 0.29) is 23.5 Å². The van der Waals surface area contributed by atoms with Gasteiger partial charge in [-0.25, -0.2) is 9.59 Å². The van der Waals surface area contributed by atoms with Crippen molar-refractivity contribution in [2.24, 2.45) is 5.92 Å². The summed E-state index contributed by atoms with van der Waals surface area (Å²) in [6, 6.07) is 6.68. The molecule has 2 rings (SSSR count). The molecule has 0 bridgehead atoms. The van der Waals surface area contributed by atoms with Crippen LogP contribution in [0.4, 0.5) is 0 Å². The summed E-state index contributed by atoms with van der Waals surface area (Å²) in [6.45, 7) is 6.16. The van der Waals surface area contributed by atoms with Crippen LogP contribution in [0.2, 0.25) is 0 Å². The van der Waals surface area contributed by atoms with Gasteiger partial charge in [0, 0.05) is 38.2 Å². The molecule has 1 aromatic carbocycles. The lowest BCUT2D eigenvalue weighted by Gasteiger charge is -2.27. The van der Waals surface area contributed by atoms with Crippen LogP contribution in [0.25, 0.3) is 0 Å². The Morgan fingerprint density at radius 1 is 1.04 bits per heavy atom. The van der Waals surface area contributed by atoms with Gasteiger partial charge in [-0.15, -0.1) is 0 Å². The highest BCUT2D eigenvalue weighted by Crippen LogP contribution is 2.20. The number of carboxylic acid groups (broad SMARTS) is 2. The fourth-order valence-electron chi connectivity index (χ4n) is 3.03. The van der Waals surface area contributed by atoms with Crippen LogP contribution in [-0.2, 0) is 16.0 Å². The maximum atomic E-state index is 12.4. The summed E-state index contributed by atoms with van der Waals surface area (Å²) in [6.07, 6.45) is -0.00273. The standard InChI is InChI=1S/C19H24N2O5/c1-12(2)16(19(25)26)15(18(23)24)11-13-3-5-14(6-4-13)17(22)21-9-7-20-8-10-21/h3-6,12,20H,7-11H2,1-2H3,(H,23,24)(H,25,26)/b16-15-. The zero-order valence-corrected chi connectivity index (χ0v) is 15.0. The van der Waals surface area contributed by atoms with Crippen LogP contribution in [0, 0.1) is 5.92 Å². The van der Waals surface area contributed by atoms with E-state index in [0.717, 1.165) is 13.1 Å². The second-order valence-corrected chi connectivity index (χ2v) is 6.57. The summed E-state index contributed by atoms with van der Waals surface area (Å²) in [5.41, 5.74) is 0.963. The Kier molecular flexibility index (Phi) is 6.52. The van der Waals surface area contributed by atoms with Gasteiger partial charge in [-0.1, -0.05) is 26.0 Å². The first kappa shape index (κ1) is 19.7. The number of nitrogens with zero attached hydrogens (tertiary/aromatic N) is 1. The highest BCUT2D eigenvalue weighted by molar-refractivity contribution is 5.99. The lowest BCUT2D eigenvalue weighted by atomic mass is 9.92. The van der Waals surface area contributed by atoms with Crippen molar-refractivity contribution in [3.63, 3.8) is 0 Å². The van der Waals surface area contributed by atoms with Crippen molar-refractivity contribution in [3.05, 3.63) is 46.5 Å². The zero-order chi connectivity index (χ0) is 19.3. The van der Waals surface area contributed by atoms with E-state index in [4.69, 9.17) is 0 Å². The molecule has 0 aromatic heterocycles. The van der Waals surface area contributed by atoms with E-state index in [0.29, 0.717) is 24.2 Å². The first-order valence-electron chi connectivity index (χ1n) is 8.59. The maximum Gasteiger partial charge on any atom is 0.332 e. The fourth-order valence-corrected chi connectivity index (χ4v) is 3.03. The average Bonchev–Trinajstić information content (AvgIpc) is 2.61. The Balaban J connectivity index is 2.21. The van der Waals surface area contributed by atoms with E-state index in [1.807, 2.05) is 0 Å². The monoisotopic (exact) mass is 360 g/mol. The van der Waals surface area contributed by atoms with Gasteiger partial charge in [0.15, 0.2) is 0 Å². The highest BCUT2D eigenvalue weighted by atomic mass is 16.4. The van der Waals surface area contributed by atoms with E-state index in [1.54, 1.807) is 43.0 Å². The third-order valence-electron chi connectivity index (χ3n) is 4.38. The minimum Gasteiger partial charge on any atom is -0.478 e. The van der Waals surface area contributed by atoms with Gasteiger partial charge < -0.3 is 20.4 Å². The number of carboxylic acids is 2. The lowest BCUT2D eigenvalue weighted by molar-refractivity contribution is -0.136. The first-order valence-corrected chi connectivity index (χ1v) is 8.59. The number of benzene rings is 1. The molecule has 1 fully saturated rings. The van der Waals surface area contributed by atoms with Gasteiger partial charge in [-0.05, 0) is 23.6 Å². The second-order valence-electron chi connectivity index (χ2n) is 6.57. The molecule has 0 unspecified atom stereocenters. The van der Waals surface area contributed by atoms with Crippen molar-refractivity contribution in [3.8, 4) is 0 Å². The van der Waals surface area contributed by atoms with Crippen molar-refractivity contribution in [1.29, 1.82) is 0 Å². The third kappa shape index (κ3) is 4.70. The van der Waals surface area contributed by atoms with E-state index in [1.165, 1.54) is 0 Å². The number of nitrogens with one attached hydrogen (secondary N) is 1. The smallest absolute Gasteiger partial charge is 0.332 e. The molecule has 0 saturated carbocycles. The summed E-state index contributed by atoms with van der Waals surface area (Å²) in [5, 5.41) is 21.9. The summed E-state index contributed by atoms with van der Waals surface area (Å²) in [5.74, 6) is -2.92. The maximum absolute atomic E-state index is 12.4. The average molecular weight is 360 g/mol. The molecular formula is C19H24N2O5. The van der Waals surface area contributed by atoms with Crippen LogP contribution in [0.15, 0.2) is 35.4 Å². The van der Waals surface area contributed by atoms with E-state index >= 15 is 0 Å². The van der Waals surface area contributed by atoms with Gasteiger partial charge in [0.05, 0.1) is 11.1 Å². The molecule has 0 radical (unpaired) electrons. The molecule has 1 amide bonds. The Hall–Kier alpha value is -2.67. The minimum atomic E-state index is -1.24. The van der Waals surface area contributed by atoms with E-state index < -0.39 is 17.9 Å². The quantitative estimate of drug-likeness (QED) is 0.662. The minimum absolute atomic E-state index is 0.00273. The van der Waals surface area contributed by atoms with E-state index in [2.05, 4.69) is 5.32 Å². The molecular weight excluding hydrogens is 336 g/mol. The molecule has 1 aromatic rings. The molecule has 0 aliphatic carbocycles. The van der Waals surface area contributed by atoms with Crippen LogP contribution in [0.5, 0.6) is 0 Å². The Morgan fingerprint density at radius 3 is 2.08 bits per heavy atom. The predicted octanol–water partition coefficient (Wildman–Crippen LogP) is 1.40. The van der Waals surface area contributed by atoms with Crippen LogP contribution >= 0.6 is 0 Å². The van der Waals surface area contributed by atoms with E-state index in [9.17, 15) is 24.6 Å². The lowest BCUT2D eigenvalue weighted by Crippen LogP contribution is -2.46. The molecule has 3 N–H and O–H groups in total. The summed E-state index contributed by atoms with van der Waals surface area (Å²) in [4.78, 5) is 37.2. The first-order chi connectivity index (χ1) is 12.3. The van der Waals surface area contributed by atoms with Crippen molar-refractivity contribution >= 4 is 17.8 Å². The summed E-state index contributed by atoms with van der Waals surface area (Å²) < 4.78 is 0. The normalized spacial score (nSPS) is 15.6. The SMILES string of the molecule is CC(C)/C(C(=O)O)=C(\Cc1ccc(C(=O)N2CCNCC2)cc1)C(=O)O. The van der Waals surface area contributed by atoms with Crippen molar-refractivity contribution in [2.45, 2.75) is 20.3 Å². The molecule has 1 heterocycles. The number of aliphatic carboxylic acids is 2.